The van der Waals surface area contributed by atoms with Crippen molar-refractivity contribution in [2.24, 2.45) is 0 Å². The van der Waals surface area contributed by atoms with Crippen molar-refractivity contribution in [2.75, 3.05) is 5.32 Å². The quantitative estimate of drug-likeness (QED) is 0.712. The highest BCUT2D eigenvalue weighted by Crippen LogP contribution is 2.12. The fourth-order valence-electron chi connectivity index (χ4n) is 2.24. The molecule has 0 spiro atoms. The summed E-state index contributed by atoms with van der Waals surface area (Å²) in [7, 11) is 0. The van der Waals surface area contributed by atoms with Gasteiger partial charge in [0.2, 0.25) is 6.41 Å². The van der Waals surface area contributed by atoms with Crippen LogP contribution in [0.3, 0.4) is 0 Å². The number of anilines is 1. The van der Waals surface area contributed by atoms with Crippen molar-refractivity contribution in [1.29, 1.82) is 0 Å². The number of hydrogen-bond donors (Lipinski definition) is 2. The maximum atomic E-state index is 12.2. The summed E-state index contributed by atoms with van der Waals surface area (Å²) in [6, 6.07) is 19.4. The Morgan fingerprint density at radius 2 is 2.04 bits per heavy atom. The van der Waals surface area contributed by atoms with Crippen molar-refractivity contribution in [3.63, 3.8) is 0 Å². The number of rotatable bonds is 5. The van der Waals surface area contributed by atoms with Gasteiger partial charge in [0.1, 0.15) is 5.69 Å². The number of carbonyl (C=O) groups is 2. The van der Waals surface area contributed by atoms with Gasteiger partial charge >= 0.3 is 0 Å². The van der Waals surface area contributed by atoms with Gasteiger partial charge in [-0.05, 0) is 23.8 Å². The van der Waals surface area contributed by atoms with Gasteiger partial charge in [-0.15, -0.1) is 0 Å². The summed E-state index contributed by atoms with van der Waals surface area (Å²) < 4.78 is 0. The van der Waals surface area contributed by atoms with Gasteiger partial charge in [-0.25, -0.2) is 4.98 Å². The third-order valence-corrected chi connectivity index (χ3v) is 3.36. The van der Waals surface area contributed by atoms with E-state index >= 15 is 0 Å². The Morgan fingerprint density at radius 3 is 2.91 bits per heavy atom. The molecule has 0 bridgehead atoms. The second-order valence-corrected chi connectivity index (χ2v) is 4.94. The molecule has 0 aliphatic carbocycles. The molecule has 3 rings (SSSR count). The number of fused-ring (bicyclic) bond motifs is 1. The number of nitrogens with one attached hydrogen (secondary N) is 2. The van der Waals surface area contributed by atoms with Gasteiger partial charge in [0.05, 0.1) is 5.52 Å². The van der Waals surface area contributed by atoms with E-state index in [2.05, 4.69) is 21.7 Å². The van der Waals surface area contributed by atoms with Gasteiger partial charge in [0.15, 0.2) is 0 Å². The first kappa shape index (κ1) is 14.7. The number of carbonyl (C=O) groups excluding carboxylic acids is 2. The van der Waals surface area contributed by atoms with E-state index in [1.165, 1.54) is 0 Å². The first-order valence-corrected chi connectivity index (χ1v) is 7.11. The molecule has 1 aromatic heterocycles. The highest BCUT2D eigenvalue weighted by Gasteiger charge is 2.08. The third-order valence-electron chi connectivity index (χ3n) is 3.36. The lowest BCUT2D eigenvalue weighted by Crippen LogP contribution is -2.23. The lowest BCUT2D eigenvalue weighted by molar-refractivity contribution is -0.105. The van der Waals surface area contributed by atoms with Gasteiger partial charge in [-0.2, -0.15) is 0 Å². The molecule has 2 amide bonds. The van der Waals surface area contributed by atoms with E-state index in [9.17, 15) is 9.59 Å². The first-order chi connectivity index (χ1) is 11.3. The summed E-state index contributed by atoms with van der Waals surface area (Å²) in [4.78, 5) is 27.0. The Kier molecular flexibility index (Phi) is 4.29. The molecule has 0 atom stereocenters. The number of benzene rings is 2. The molecule has 5 heteroatoms. The molecule has 0 aliphatic rings. The fourth-order valence-corrected chi connectivity index (χ4v) is 2.24. The molecule has 0 aliphatic heterocycles. The van der Waals surface area contributed by atoms with Crippen LogP contribution in [0.4, 0.5) is 5.69 Å². The second-order valence-electron chi connectivity index (χ2n) is 4.94. The minimum Gasteiger partial charge on any atom is -0.347 e. The van der Waals surface area contributed by atoms with Crippen molar-refractivity contribution in [2.45, 2.75) is 6.54 Å². The minimum atomic E-state index is -0.242. The summed E-state index contributed by atoms with van der Waals surface area (Å²) in [5, 5.41) is 6.34. The Morgan fingerprint density at radius 1 is 1.17 bits per heavy atom. The van der Waals surface area contributed by atoms with Crippen molar-refractivity contribution < 1.29 is 9.59 Å². The molecule has 3 aromatic rings. The molecule has 2 N–H and O–H groups in total. The normalized spacial score (nSPS) is 10.3. The topological polar surface area (TPSA) is 71.1 Å². The Bertz CT molecular complexity index is 862. The molecular weight excluding hydrogens is 290 g/mol. The second kappa shape index (κ2) is 6.70. The lowest BCUT2D eigenvalue weighted by Gasteiger charge is -2.07. The molecule has 1 radical (unpaired) electrons. The molecule has 0 saturated heterocycles. The average molecular weight is 304 g/mol. The van der Waals surface area contributed by atoms with Crippen LogP contribution in [0.15, 0.2) is 54.6 Å². The number of pyridine rings is 1. The van der Waals surface area contributed by atoms with E-state index in [1.54, 1.807) is 18.2 Å². The smallest absolute Gasteiger partial charge is 0.270 e. The maximum absolute atomic E-state index is 12.2. The molecule has 1 heterocycles. The van der Waals surface area contributed by atoms with Crippen LogP contribution in [0.2, 0.25) is 0 Å². The van der Waals surface area contributed by atoms with Crippen LogP contribution in [-0.2, 0) is 11.3 Å². The van der Waals surface area contributed by atoms with Crippen LogP contribution in [0.5, 0.6) is 0 Å². The highest BCUT2D eigenvalue weighted by molar-refractivity contribution is 5.94. The van der Waals surface area contributed by atoms with Crippen LogP contribution in [0.25, 0.3) is 10.9 Å². The van der Waals surface area contributed by atoms with E-state index < -0.39 is 0 Å². The Hall–Kier alpha value is -3.21. The summed E-state index contributed by atoms with van der Waals surface area (Å²) in [6.45, 7) is 0.343. The van der Waals surface area contributed by atoms with Gasteiger partial charge in [0, 0.05) is 23.7 Å². The van der Waals surface area contributed by atoms with Crippen molar-refractivity contribution >= 4 is 28.9 Å². The Balaban J connectivity index is 1.70. The van der Waals surface area contributed by atoms with Gasteiger partial charge in [-0.3, -0.25) is 9.59 Å². The number of hydrogen-bond acceptors (Lipinski definition) is 3. The summed E-state index contributed by atoms with van der Waals surface area (Å²) >= 11 is 0. The first-order valence-electron chi connectivity index (χ1n) is 7.11. The van der Waals surface area contributed by atoms with Crippen LogP contribution in [0.1, 0.15) is 16.1 Å². The van der Waals surface area contributed by atoms with Gasteiger partial charge in [-0.1, -0.05) is 36.4 Å². The largest absolute Gasteiger partial charge is 0.347 e. The van der Waals surface area contributed by atoms with Crippen molar-refractivity contribution in [3.8, 4) is 0 Å². The van der Waals surface area contributed by atoms with Gasteiger partial charge in [0.25, 0.3) is 5.91 Å². The standard InChI is InChI=1S/C18H14N3O2/c22-12-20-15-6-3-4-13(10-15)11-19-18(23)17-9-8-14-5-1-2-7-16(14)21-17/h1-5,7-10,12H,11H2,(H,19,23)(H,20,22). The fraction of sp³-hybridized carbons (Fsp3) is 0.0556. The van der Waals surface area contributed by atoms with Crippen LogP contribution in [-0.4, -0.2) is 17.3 Å². The molecule has 2 aromatic carbocycles. The van der Waals surface area contributed by atoms with Gasteiger partial charge < -0.3 is 10.6 Å². The predicted octanol–water partition coefficient (Wildman–Crippen LogP) is 2.53. The van der Waals surface area contributed by atoms with Crippen LogP contribution < -0.4 is 10.6 Å². The zero-order valence-electron chi connectivity index (χ0n) is 12.2. The third kappa shape index (κ3) is 3.52. The van der Waals surface area contributed by atoms with E-state index in [0.717, 1.165) is 16.5 Å². The average Bonchev–Trinajstić information content (AvgIpc) is 2.60. The van der Waals surface area contributed by atoms with E-state index in [1.807, 2.05) is 36.4 Å². The summed E-state index contributed by atoms with van der Waals surface area (Å²) in [5.74, 6) is -0.242. The zero-order chi connectivity index (χ0) is 16.1. The number of aromatic nitrogens is 1. The van der Waals surface area contributed by atoms with E-state index in [0.29, 0.717) is 24.3 Å². The van der Waals surface area contributed by atoms with Crippen molar-refractivity contribution in [1.82, 2.24) is 10.3 Å². The summed E-state index contributed by atoms with van der Waals surface area (Å²) in [5.41, 5.74) is 2.59. The molecule has 0 saturated carbocycles. The minimum absolute atomic E-state index is 0.242. The van der Waals surface area contributed by atoms with Crippen molar-refractivity contribution in [3.05, 3.63) is 71.9 Å². The molecule has 0 fully saturated rings. The molecule has 23 heavy (non-hydrogen) atoms. The molecule has 113 valence electrons. The van der Waals surface area contributed by atoms with E-state index in [4.69, 9.17) is 0 Å². The summed E-state index contributed by atoms with van der Waals surface area (Å²) in [6.07, 6.45) is 0.590. The van der Waals surface area contributed by atoms with E-state index in [-0.39, 0.29) is 5.91 Å². The predicted molar refractivity (Wildman–Crippen MR) is 87.9 cm³/mol. The Labute approximate surface area is 133 Å². The van der Waals surface area contributed by atoms with Crippen LogP contribution >= 0.6 is 0 Å². The SMILES string of the molecule is O=CNc1[c]ccc(CNC(=O)c2ccc3ccccc3n2)c1. The molecule has 5 nitrogen and oxygen atoms in total. The molecule has 0 unspecified atom stereocenters. The van der Waals surface area contributed by atoms with Crippen LogP contribution in [0, 0.1) is 6.07 Å². The number of amides is 2. The maximum Gasteiger partial charge on any atom is 0.270 e. The zero-order valence-corrected chi connectivity index (χ0v) is 12.2. The number of nitrogens with zero attached hydrogens (tertiary/aromatic N) is 1. The molecular formula is C18H14N3O2. The number of para-hydroxylation sites is 1. The lowest BCUT2D eigenvalue weighted by atomic mass is 10.2. The highest BCUT2D eigenvalue weighted by atomic mass is 16.1. The monoisotopic (exact) mass is 304 g/mol.